The molecule has 1 atom stereocenters. The number of benzene rings is 1. The van der Waals surface area contributed by atoms with Crippen molar-refractivity contribution in [2.45, 2.75) is 31.4 Å². The number of nitrogens with one attached hydrogen (secondary N) is 3. The first-order valence-corrected chi connectivity index (χ1v) is 10.6. The Morgan fingerprint density at radius 2 is 1.94 bits per heavy atom. The van der Waals surface area contributed by atoms with Gasteiger partial charge < -0.3 is 10.3 Å². The predicted molar refractivity (Wildman–Crippen MR) is 119 cm³/mol. The van der Waals surface area contributed by atoms with Crippen molar-refractivity contribution >= 4 is 40.6 Å². The maximum Gasteiger partial charge on any atom is 0.389 e. The van der Waals surface area contributed by atoms with Crippen LogP contribution in [0.1, 0.15) is 36.7 Å². The number of hydrogen-bond acceptors (Lipinski definition) is 7. The van der Waals surface area contributed by atoms with E-state index in [1.807, 2.05) is 0 Å². The Kier molecular flexibility index (Phi) is 5.10. The molecule has 3 aliphatic heterocycles. The highest BCUT2D eigenvalue weighted by atomic mass is 35.5. The number of aromatic amines is 1. The third kappa shape index (κ3) is 3.68. The lowest BCUT2D eigenvalue weighted by Gasteiger charge is -2.23. The number of carbonyl (C=O) groups excluding carboxylic acids is 1. The van der Waals surface area contributed by atoms with Gasteiger partial charge in [0.05, 0.1) is 17.5 Å². The first-order chi connectivity index (χ1) is 16.1. The van der Waals surface area contributed by atoms with Gasteiger partial charge in [-0.05, 0) is 24.6 Å². The maximum absolute atomic E-state index is 13.2. The number of hydrazine groups is 1. The highest BCUT2D eigenvalue weighted by Gasteiger charge is 2.47. The number of H-pyrrole nitrogens is 1. The molecule has 0 saturated heterocycles. The van der Waals surface area contributed by atoms with E-state index in [1.165, 1.54) is 11.2 Å². The largest absolute Gasteiger partial charge is 0.389 e. The number of amidine groups is 1. The minimum absolute atomic E-state index is 0.00154. The number of hydrogen-bond donors (Lipinski definition) is 3. The van der Waals surface area contributed by atoms with Crippen molar-refractivity contribution in [3.8, 4) is 0 Å². The van der Waals surface area contributed by atoms with Crippen LogP contribution in [0.4, 0.5) is 19.0 Å². The predicted octanol–water partition coefficient (Wildman–Crippen LogP) is 2.95. The zero-order chi connectivity index (χ0) is 24.3. The Bertz CT molecular complexity index is 1350. The van der Waals surface area contributed by atoms with Gasteiger partial charge in [0.1, 0.15) is 23.6 Å². The van der Waals surface area contributed by atoms with Crippen molar-refractivity contribution in [3.63, 3.8) is 0 Å². The van der Waals surface area contributed by atoms with Gasteiger partial charge in [-0.3, -0.25) is 14.6 Å². The summed E-state index contributed by atoms with van der Waals surface area (Å²) in [6.45, 7) is 1.78. The molecule has 9 nitrogen and oxygen atoms in total. The van der Waals surface area contributed by atoms with E-state index in [0.29, 0.717) is 10.6 Å². The quantitative estimate of drug-likeness (QED) is 0.608. The monoisotopic (exact) mass is 491 g/mol. The van der Waals surface area contributed by atoms with Gasteiger partial charge >= 0.3 is 6.18 Å². The van der Waals surface area contributed by atoms with Gasteiger partial charge in [-0.15, -0.1) is 0 Å². The number of anilines is 1. The second-order valence-electron chi connectivity index (χ2n) is 8.08. The maximum atomic E-state index is 13.2. The van der Waals surface area contributed by atoms with E-state index >= 15 is 0 Å². The molecular weight excluding hydrogens is 475 g/mol. The van der Waals surface area contributed by atoms with Crippen LogP contribution in [0.2, 0.25) is 5.02 Å². The molecule has 0 radical (unpaired) electrons. The van der Waals surface area contributed by atoms with Crippen LogP contribution in [-0.4, -0.2) is 45.3 Å². The average molecular weight is 492 g/mol. The molecule has 34 heavy (non-hydrogen) atoms. The molecule has 0 aliphatic carbocycles. The summed E-state index contributed by atoms with van der Waals surface area (Å²) < 4.78 is 38.4. The molecule has 1 unspecified atom stereocenters. The third-order valence-electron chi connectivity index (χ3n) is 5.88. The fourth-order valence-corrected chi connectivity index (χ4v) is 4.24. The summed E-state index contributed by atoms with van der Waals surface area (Å²) in [6.07, 6.45) is -4.35. The lowest BCUT2D eigenvalue weighted by molar-refractivity contribution is -0.132. The second-order valence-corrected chi connectivity index (χ2v) is 8.52. The summed E-state index contributed by atoms with van der Waals surface area (Å²) in [4.78, 5) is 41.5. The van der Waals surface area contributed by atoms with Crippen LogP contribution in [-0.2, 0) is 10.2 Å². The molecule has 0 bridgehead atoms. The number of fused-ring (bicyclic) bond motifs is 2. The van der Waals surface area contributed by atoms with Gasteiger partial charge in [0.15, 0.2) is 11.7 Å². The Balaban J connectivity index is 1.55. The highest BCUT2D eigenvalue weighted by Crippen LogP contribution is 2.40. The van der Waals surface area contributed by atoms with Crippen molar-refractivity contribution in [2.24, 2.45) is 9.98 Å². The summed E-state index contributed by atoms with van der Waals surface area (Å²) in [5.41, 5.74) is 1.93. The fourth-order valence-electron chi connectivity index (χ4n) is 4.12. The van der Waals surface area contributed by atoms with E-state index in [1.54, 1.807) is 31.2 Å². The molecule has 1 aromatic carbocycles. The molecule has 0 spiro atoms. The van der Waals surface area contributed by atoms with Gasteiger partial charge in [-0.25, -0.2) is 20.4 Å². The van der Waals surface area contributed by atoms with Crippen LogP contribution in [0, 0.1) is 0 Å². The minimum Gasteiger partial charge on any atom is -0.309 e. The van der Waals surface area contributed by atoms with E-state index in [0.717, 1.165) is 0 Å². The molecule has 0 saturated carbocycles. The Labute approximate surface area is 195 Å². The zero-order valence-corrected chi connectivity index (χ0v) is 18.4. The van der Waals surface area contributed by atoms with Crippen LogP contribution >= 0.6 is 11.6 Å². The fraction of sp³-hybridized carbons (Fsp3) is 0.286. The molecule has 2 aromatic rings. The molecule has 1 amide bonds. The Hall–Kier alpha value is -3.51. The van der Waals surface area contributed by atoms with Crippen LogP contribution < -0.4 is 16.3 Å². The number of rotatable bonds is 4. The normalized spacial score (nSPS) is 21.5. The summed E-state index contributed by atoms with van der Waals surface area (Å²) in [7, 11) is 0. The SMILES string of the molecule is CC1(c2ccc(Cl)cc2)C(=O)Nc2nc(C3=CN4NCN=C4C(CCC(F)(F)F)=N3)[nH]c(=O)c21. The van der Waals surface area contributed by atoms with Crippen molar-refractivity contribution in [3.05, 3.63) is 62.8 Å². The van der Waals surface area contributed by atoms with E-state index in [2.05, 4.69) is 30.7 Å². The summed E-state index contributed by atoms with van der Waals surface area (Å²) in [6, 6.07) is 6.56. The smallest absolute Gasteiger partial charge is 0.309 e. The number of alkyl halides is 3. The van der Waals surface area contributed by atoms with E-state index in [-0.39, 0.29) is 41.1 Å². The van der Waals surface area contributed by atoms with Gasteiger partial charge in [0.2, 0.25) is 5.91 Å². The zero-order valence-electron chi connectivity index (χ0n) is 17.6. The lowest BCUT2D eigenvalue weighted by atomic mass is 9.78. The van der Waals surface area contributed by atoms with Crippen LogP contribution in [0.15, 0.2) is 45.2 Å². The van der Waals surface area contributed by atoms with Gasteiger partial charge in [-0.2, -0.15) is 13.2 Å². The Morgan fingerprint density at radius 3 is 2.65 bits per heavy atom. The summed E-state index contributed by atoms with van der Waals surface area (Å²) >= 11 is 5.96. The molecule has 176 valence electrons. The number of aromatic nitrogens is 2. The highest BCUT2D eigenvalue weighted by molar-refractivity contribution is 6.43. The van der Waals surface area contributed by atoms with E-state index in [9.17, 15) is 22.8 Å². The third-order valence-corrected chi connectivity index (χ3v) is 6.13. The molecule has 5 rings (SSSR count). The van der Waals surface area contributed by atoms with Gasteiger partial charge in [0.25, 0.3) is 5.56 Å². The van der Waals surface area contributed by atoms with Crippen molar-refractivity contribution < 1.29 is 18.0 Å². The average Bonchev–Trinajstić information content (AvgIpc) is 3.35. The number of aliphatic imine (C=N–C) groups is 2. The molecular formula is C21H17ClF3N7O2. The van der Waals surface area contributed by atoms with Crippen LogP contribution in [0.5, 0.6) is 0 Å². The second kappa shape index (κ2) is 7.77. The van der Waals surface area contributed by atoms with Crippen LogP contribution in [0.3, 0.4) is 0 Å². The lowest BCUT2D eigenvalue weighted by Crippen LogP contribution is -2.39. The van der Waals surface area contributed by atoms with Gasteiger partial charge in [0, 0.05) is 17.9 Å². The first-order valence-electron chi connectivity index (χ1n) is 10.2. The van der Waals surface area contributed by atoms with E-state index in [4.69, 9.17) is 11.6 Å². The summed E-state index contributed by atoms with van der Waals surface area (Å²) in [5, 5.41) is 4.57. The van der Waals surface area contributed by atoms with Crippen LogP contribution in [0.25, 0.3) is 5.70 Å². The molecule has 0 fully saturated rings. The molecule has 1 aromatic heterocycles. The van der Waals surface area contributed by atoms with Gasteiger partial charge in [-0.1, -0.05) is 23.7 Å². The molecule has 3 N–H and O–H groups in total. The summed E-state index contributed by atoms with van der Waals surface area (Å²) in [5.74, 6) is -0.104. The van der Waals surface area contributed by atoms with E-state index < -0.39 is 35.9 Å². The molecule has 3 aliphatic rings. The standard InChI is InChI=1S/C21H17ClF3N7O2/c1-20(10-2-4-11(22)5-3-10)14-16(31-19(20)34)29-15(30-18(14)33)13-8-32-17(26-9-27-32)12(28-13)6-7-21(23,24)25/h2-5,8,27H,6-7,9H2,1H3,(H2,29,30,31,33,34). The molecule has 13 heteroatoms. The number of halogens is 4. The Morgan fingerprint density at radius 1 is 1.21 bits per heavy atom. The molecule has 4 heterocycles. The number of nitrogens with zero attached hydrogens (tertiary/aromatic N) is 4. The minimum atomic E-state index is -4.36. The number of carbonyl (C=O) groups is 1. The van der Waals surface area contributed by atoms with Crippen molar-refractivity contribution in [2.75, 3.05) is 12.0 Å². The van der Waals surface area contributed by atoms with Crippen molar-refractivity contribution in [1.29, 1.82) is 0 Å². The topological polar surface area (TPSA) is 115 Å². The van der Waals surface area contributed by atoms with Crippen molar-refractivity contribution in [1.82, 2.24) is 20.4 Å². The first kappa shape index (κ1) is 22.3. The number of amides is 1.